The monoisotopic (exact) mass is 254 g/mol. The van der Waals surface area contributed by atoms with Gasteiger partial charge >= 0.3 is 0 Å². The number of hydrogen-bond donors (Lipinski definition) is 1. The highest BCUT2D eigenvalue weighted by Gasteiger charge is 2.27. The molecule has 1 aliphatic heterocycles. The van der Waals surface area contributed by atoms with Crippen molar-refractivity contribution in [2.75, 3.05) is 23.0 Å². The minimum atomic E-state index is -2.85. The van der Waals surface area contributed by atoms with E-state index < -0.39 is 9.84 Å². The van der Waals surface area contributed by atoms with E-state index in [-0.39, 0.29) is 17.5 Å². The average molecular weight is 254 g/mol. The zero-order chi connectivity index (χ0) is 12.5. The maximum absolute atomic E-state index is 11.5. The summed E-state index contributed by atoms with van der Waals surface area (Å²) in [6.07, 6.45) is 0. The lowest BCUT2D eigenvalue weighted by Gasteiger charge is -2.35. The highest BCUT2D eigenvalue weighted by molar-refractivity contribution is 7.91. The Bertz CT molecular complexity index is 482. The van der Waals surface area contributed by atoms with Crippen molar-refractivity contribution in [2.24, 2.45) is 5.73 Å². The summed E-state index contributed by atoms with van der Waals surface area (Å²) in [5.41, 5.74) is 7.71. The third-order valence-electron chi connectivity index (χ3n) is 3.17. The fourth-order valence-corrected chi connectivity index (χ4v) is 3.76. The fraction of sp³-hybridized carbons (Fsp3) is 0.500. The lowest BCUT2D eigenvalue weighted by molar-refractivity contribution is 0.568. The van der Waals surface area contributed by atoms with E-state index >= 15 is 0 Å². The highest BCUT2D eigenvalue weighted by Crippen LogP contribution is 2.21. The number of nitrogens with zero attached hydrogens (tertiary/aromatic N) is 1. The van der Waals surface area contributed by atoms with Crippen LogP contribution < -0.4 is 10.6 Å². The Morgan fingerprint density at radius 2 is 2.00 bits per heavy atom. The summed E-state index contributed by atoms with van der Waals surface area (Å²) in [7, 11) is -2.85. The Hall–Kier alpha value is -1.07. The smallest absolute Gasteiger partial charge is 0.154 e. The van der Waals surface area contributed by atoms with E-state index in [9.17, 15) is 8.42 Å². The van der Waals surface area contributed by atoms with Gasteiger partial charge in [-0.2, -0.15) is 0 Å². The van der Waals surface area contributed by atoms with Gasteiger partial charge in [-0.25, -0.2) is 8.42 Å². The largest absolute Gasteiger partial charge is 0.367 e. The Labute approximate surface area is 102 Å². The van der Waals surface area contributed by atoms with Gasteiger partial charge in [-0.15, -0.1) is 0 Å². The zero-order valence-electron chi connectivity index (χ0n) is 9.96. The summed E-state index contributed by atoms with van der Waals surface area (Å²) in [5.74, 6) is 0.488. The molecule has 0 bridgehead atoms. The number of benzene rings is 1. The molecule has 1 atom stereocenters. The standard InChI is InChI=1S/C12H18N2O2S/c1-10-9-17(15,16)7-6-14(10)12-4-2-11(8-13)3-5-12/h2-5,10H,6-9,13H2,1H3. The minimum Gasteiger partial charge on any atom is -0.367 e. The van der Waals surface area contributed by atoms with Crippen molar-refractivity contribution in [3.8, 4) is 0 Å². The number of nitrogens with two attached hydrogens (primary N) is 1. The lowest BCUT2D eigenvalue weighted by atomic mass is 10.1. The van der Waals surface area contributed by atoms with Crippen LogP contribution in [0.2, 0.25) is 0 Å². The van der Waals surface area contributed by atoms with E-state index in [1.165, 1.54) is 0 Å². The Morgan fingerprint density at radius 1 is 1.35 bits per heavy atom. The molecular weight excluding hydrogens is 236 g/mol. The molecular formula is C12H18N2O2S. The summed E-state index contributed by atoms with van der Waals surface area (Å²) in [5, 5.41) is 0. The molecule has 1 aromatic rings. The van der Waals surface area contributed by atoms with Gasteiger partial charge in [0.05, 0.1) is 11.5 Å². The van der Waals surface area contributed by atoms with Crippen LogP contribution >= 0.6 is 0 Å². The van der Waals surface area contributed by atoms with Gasteiger partial charge in [0.2, 0.25) is 0 Å². The van der Waals surface area contributed by atoms with E-state index in [0.29, 0.717) is 13.1 Å². The number of hydrogen-bond acceptors (Lipinski definition) is 4. The first kappa shape index (κ1) is 12.4. The molecule has 0 aliphatic carbocycles. The molecule has 2 rings (SSSR count). The molecule has 0 aromatic heterocycles. The van der Waals surface area contributed by atoms with Crippen LogP contribution in [0.25, 0.3) is 0 Å². The summed E-state index contributed by atoms with van der Waals surface area (Å²) in [6.45, 7) is 3.06. The van der Waals surface area contributed by atoms with Crippen LogP contribution in [-0.2, 0) is 16.4 Å². The summed E-state index contributed by atoms with van der Waals surface area (Å²) in [4.78, 5) is 2.14. The minimum absolute atomic E-state index is 0.0393. The summed E-state index contributed by atoms with van der Waals surface area (Å²) >= 11 is 0. The van der Waals surface area contributed by atoms with Crippen LogP contribution in [-0.4, -0.2) is 32.5 Å². The molecule has 1 unspecified atom stereocenters. The van der Waals surface area contributed by atoms with Gasteiger partial charge in [-0.3, -0.25) is 0 Å². The Kier molecular flexibility index (Phi) is 3.40. The van der Waals surface area contributed by atoms with Gasteiger partial charge in [0.25, 0.3) is 0 Å². The Balaban J connectivity index is 2.17. The second kappa shape index (κ2) is 4.66. The van der Waals surface area contributed by atoms with Crippen molar-refractivity contribution in [3.63, 3.8) is 0 Å². The molecule has 0 saturated carbocycles. The summed E-state index contributed by atoms with van der Waals surface area (Å²) in [6, 6.07) is 8.04. The van der Waals surface area contributed by atoms with Crippen LogP contribution in [0, 0.1) is 0 Å². The van der Waals surface area contributed by atoms with Gasteiger partial charge in [-0.1, -0.05) is 12.1 Å². The van der Waals surface area contributed by atoms with Gasteiger partial charge < -0.3 is 10.6 Å². The maximum Gasteiger partial charge on any atom is 0.154 e. The van der Waals surface area contributed by atoms with Crippen LogP contribution in [0.15, 0.2) is 24.3 Å². The van der Waals surface area contributed by atoms with Crippen molar-refractivity contribution in [2.45, 2.75) is 19.5 Å². The Morgan fingerprint density at radius 3 is 2.53 bits per heavy atom. The normalized spacial score (nSPS) is 23.6. The molecule has 0 radical (unpaired) electrons. The summed E-state index contributed by atoms with van der Waals surface area (Å²) < 4.78 is 23.0. The molecule has 2 N–H and O–H groups in total. The molecule has 1 heterocycles. The quantitative estimate of drug-likeness (QED) is 0.846. The predicted molar refractivity (Wildman–Crippen MR) is 69.8 cm³/mol. The van der Waals surface area contributed by atoms with Gasteiger partial charge in [0.15, 0.2) is 9.84 Å². The lowest BCUT2D eigenvalue weighted by Crippen LogP contribution is -2.47. The molecule has 1 fully saturated rings. The molecule has 0 amide bonds. The van der Waals surface area contributed by atoms with E-state index in [2.05, 4.69) is 4.90 Å². The SMILES string of the molecule is CC1CS(=O)(=O)CCN1c1ccc(CN)cc1. The number of sulfone groups is 1. The predicted octanol–water partition coefficient (Wildman–Crippen LogP) is 0.769. The first-order valence-electron chi connectivity index (χ1n) is 5.78. The van der Waals surface area contributed by atoms with Crippen molar-refractivity contribution in [1.82, 2.24) is 0 Å². The maximum atomic E-state index is 11.5. The van der Waals surface area contributed by atoms with Gasteiger partial charge in [0, 0.05) is 24.8 Å². The average Bonchev–Trinajstić information content (AvgIpc) is 2.28. The molecule has 1 aromatic carbocycles. The van der Waals surface area contributed by atoms with Crippen molar-refractivity contribution >= 4 is 15.5 Å². The van der Waals surface area contributed by atoms with Crippen LogP contribution in [0.3, 0.4) is 0 Å². The van der Waals surface area contributed by atoms with Crippen LogP contribution in [0.1, 0.15) is 12.5 Å². The van der Waals surface area contributed by atoms with E-state index in [1.54, 1.807) is 0 Å². The van der Waals surface area contributed by atoms with Crippen molar-refractivity contribution < 1.29 is 8.42 Å². The molecule has 17 heavy (non-hydrogen) atoms. The second-order valence-corrected chi connectivity index (χ2v) is 6.76. The van der Waals surface area contributed by atoms with Crippen molar-refractivity contribution in [3.05, 3.63) is 29.8 Å². The third kappa shape index (κ3) is 2.79. The molecule has 94 valence electrons. The molecule has 1 aliphatic rings. The van der Waals surface area contributed by atoms with Crippen LogP contribution in [0.5, 0.6) is 0 Å². The van der Waals surface area contributed by atoms with Gasteiger partial charge in [-0.05, 0) is 24.6 Å². The van der Waals surface area contributed by atoms with Crippen LogP contribution in [0.4, 0.5) is 5.69 Å². The molecule has 0 spiro atoms. The van der Waals surface area contributed by atoms with Crippen molar-refractivity contribution in [1.29, 1.82) is 0 Å². The molecule has 1 saturated heterocycles. The second-order valence-electron chi connectivity index (χ2n) is 4.53. The number of rotatable bonds is 2. The van der Waals surface area contributed by atoms with E-state index in [0.717, 1.165) is 11.3 Å². The van der Waals surface area contributed by atoms with E-state index in [1.807, 2.05) is 31.2 Å². The zero-order valence-corrected chi connectivity index (χ0v) is 10.8. The van der Waals surface area contributed by atoms with Gasteiger partial charge in [0.1, 0.15) is 0 Å². The van der Waals surface area contributed by atoms with E-state index in [4.69, 9.17) is 5.73 Å². The first-order valence-corrected chi connectivity index (χ1v) is 7.60. The fourth-order valence-electron chi connectivity index (χ4n) is 2.21. The molecule has 4 nitrogen and oxygen atoms in total. The number of anilines is 1. The molecule has 5 heteroatoms. The third-order valence-corrected chi connectivity index (χ3v) is 4.97. The topological polar surface area (TPSA) is 63.4 Å². The first-order chi connectivity index (χ1) is 8.02. The highest BCUT2D eigenvalue weighted by atomic mass is 32.2.